The van der Waals surface area contributed by atoms with Gasteiger partial charge < -0.3 is 0 Å². The average Bonchev–Trinajstić information content (AvgIpc) is 3.63. The lowest BCUT2D eigenvalue weighted by Crippen LogP contribution is -2.29. The van der Waals surface area contributed by atoms with Crippen molar-refractivity contribution in [1.82, 2.24) is 9.29 Å². The van der Waals surface area contributed by atoms with Gasteiger partial charge in [-0.3, -0.25) is 19.7 Å². The van der Waals surface area contributed by atoms with Crippen LogP contribution in [0, 0.1) is 0 Å². The number of nitrogens with one attached hydrogen (secondary N) is 1. The number of amides is 3. The summed E-state index contributed by atoms with van der Waals surface area (Å²) in [5.41, 5.74) is 1.97. The van der Waals surface area contributed by atoms with Gasteiger partial charge in [-0.1, -0.05) is 23.5 Å². The Bertz CT molecular complexity index is 1650. The van der Waals surface area contributed by atoms with Gasteiger partial charge in [0.15, 0.2) is 5.13 Å². The van der Waals surface area contributed by atoms with E-state index >= 15 is 0 Å². The first kappa shape index (κ1) is 23.5. The normalized spacial score (nSPS) is 15.9. The third kappa shape index (κ3) is 4.01. The first-order valence-corrected chi connectivity index (χ1v) is 13.9. The number of hydrogen-bond donors (Lipinski definition) is 1. The molecule has 186 valence electrons. The number of sulfonamides is 1. The molecule has 0 spiro atoms. The fourth-order valence-electron chi connectivity index (χ4n) is 4.55. The maximum absolute atomic E-state index is 12.9. The van der Waals surface area contributed by atoms with Crippen LogP contribution in [0.1, 0.15) is 43.9 Å². The monoisotopic (exact) mass is 532 g/mol. The van der Waals surface area contributed by atoms with E-state index in [2.05, 4.69) is 10.3 Å². The summed E-state index contributed by atoms with van der Waals surface area (Å²) in [7, 11) is -3.55. The number of rotatable bonds is 5. The highest BCUT2D eigenvalue weighted by molar-refractivity contribution is 7.89. The van der Waals surface area contributed by atoms with Gasteiger partial charge in [0.25, 0.3) is 17.7 Å². The molecule has 1 N–H and O–H groups in total. The summed E-state index contributed by atoms with van der Waals surface area (Å²) in [5.74, 6) is -1.23. The number of aromatic nitrogens is 1. The van der Waals surface area contributed by atoms with Crippen LogP contribution < -0.4 is 10.2 Å². The molecule has 3 amide bonds. The van der Waals surface area contributed by atoms with Crippen LogP contribution in [0.15, 0.2) is 71.6 Å². The molecule has 3 heterocycles. The minimum Gasteiger partial charge on any atom is -0.298 e. The van der Waals surface area contributed by atoms with Crippen LogP contribution in [0.25, 0.3) is 10.2 Å². The van der Waals surface area contributed by atoms with E-state index in [-0.39, 0.29) is 4.90 Å². The maximum atomic E-state index is 12.9. The number of carbonyl (C=O) groups excluding carboxylic acids is 3. The molecule has 1 saturated heterocycles. The molecule has 6 rings (SSSR count). The predicted octanol–water partition coefficient (Wildman–Crippen LogP) is 4.13. The van der Waals surface area contributed by atoms with Crippen molar-refractivity contribution in [2.75, 3.05) is 23.3 Å². The highest BCUT2D eigenvalue weighted by Crippen LogP contribution is 2.31. The lowest BCUT2D eigenvalue weighted by Gasteiger charge is -2.15. The van der Waals surface area contributed by atoms with Crippen molar-refractivity contribution in [3.8, 4) is 0 Å². The molecule has 0 atom stereocenters. The molecule has 1 aromatic heterocycles. The minimum atomic E-state index is -3.55. The number of thiazole rings is 1. The number of nitrogens with zero attached hydrogens (tertiary/aromatic N) is 3. The van der Waals surface area contributed by atoms with Gasteiger partial charge in [-0.05, 0) is 67.4 Å². The lowest BCUT2D eigenvalue weighted by molar-refractivity contribution is 0.0925. The molecule has 2 aliphatic rings. The molecule has 0 radical (unpaired) electrons. The summed E-state index contributed by atoms with van der Waals surface area (Å²) in [6.07, 6.45) is 1.72. The number of fused-ring (bicyclic) bond motifs is 2. The highest BCUT2D eigenvalue weighted by atomic mass is 32.2. The smallest absolute Gasteiger partial charge is 0.266 e. The van der Waals surface area contributed by atoms with E-state index in [1.165, 1.54) is 27.8 Å². The SMILES string of the molecule is O=C(Nc1nc2ccc(S(=O)(=O)N3CCCC3)cc2s1)c1ccc(N2C(=O)c3ccccc3C2=O)cc1. The second-order valence-electron chi connectivity index (χ2n) is 8.75. The van der Waals surface area contributed by atoms with Crippen LogP contribution in [0.3, 0.4) is 0 Å². The molecule has 0 aliphatic carbocycles. The highest BCUT2D eigenvalue weighted by Gasteiger charge is 2.36. The van der Waals surface area contributed by atoms with Crippen molar-refractivity contribution in [3.05, 3.63) is 83.4 Å². The Kier molecular flexibility index (Phi) is 5.63. The molecular formula is C26H20N4O5S2. The summed E-state index contributed by atoms with van der Waals surface area (Å²) in [5, 5.41) is 3.08. The van der Waals surface area contributed by atoms with Crippen molar-refractivity contribution < 1.29 is 22.8 Å². The molecular weight excluding hydrogens is 512 g/mol. The zero-order chi connectivity index (χ0) is 25.7. The van der Waals surface area contributed by atoms with Crippen LogP contribution in [0.4, 0.5) is 10.8 Å². The molecule has 0 saturated carbocycles. The molecule has 11 heteroatoms. The molecule has 0 bridgehead atoms. The Morgan fingerprint density at radius 1 is 0.892 bits per heavy atom. The lowest BCUT2D eigenvalue weighted by atomic mass is 10.1. The van der Waals surface area contributed by atoms with E-state index in [9.17, 15) is 22.8 Å². The van der Waals surface area contributed by atoms with E-state index in [1.54, 1.807) is 54.6 Å². The Labute approximate surface area is 216 Å². The van der Waals surface area contributed by atoms with E-state index in [0.717, 1.165) is 17.7 Å². The third-order valence-electron chi connectivity index (χ3n) is 6.46. The number of imide groups is 1. The van der Waals surface area contributed by atoms with Crippen molar-refractivity contribution >= 4 is 60.1 Å². The minimum absolute atomic E-state index is 0.215. The average molecular weight is 533 g/mol. The Morgan fingerprint density at radius 2 is 1.54 bits per heavy atom. The quantitative estimate of drug-likeness (QED) is 0.386. The van der Waals surface area contributed by atoms with E-state index in [0.29, 0.717) is 50.8 Å². The van der Waals surface area contributed by atoms with Crippen LogP contribution in [0.5, 0.6) is 0 Å². The van der Waals surface area contributed by atoms with Gasteiger partial charge in [0.2, 0.25) is 10.0 Å². The Morgan fingerprint density at radius 3 is 2.19 bits per heavy atom. The van der Waals surface area contributed by atoms with Crippen molar-refractivity contribution in [3.63, 3.8) is 0 Å². The molecule has 1 fully saturated rings. The number of benzene rings is 3. The zero-order valence-electron chi connectivity index (χ0n) is 19.4. The van der Waals surface area contributed by atoms with Gasteiger partial charge in [0, 0.05) is 18.7 Å². The van der Waals surface area contributed by atoms with Gasteiger partial charge in [0.1, 0.15) is 0 Å². The number of anilines is 2. The topological polar surface area (TPSA) is 117 Å². The molecule has 3 aromatic carbocycles. The Hall–Kier alpha value is -3.93. The first-order chi connectivity index (χ1) is 17.8. The van der Waals surface area contributed by atoms with Crippen molar-refractivity contribution in [2.24, 2.45) is 0 Å². The summed E-state index contributed by atoms with van der Waals surface area (Å²) >= 11 is 1.19. The van der Waals surface area contributed by atoms with Crippen molar-refractivity contribution in [1.29, 1.82) is 0 Å². The molecule has 2 aliphatic heterocycles. The fraction of sp³-hybridized carbons (Fsp3) is 0.154. The summed E-state index contributed by atoms with van der Waals surface area (Å²) in [6.45, 7) is 1.05. The second kappa shape index (κ2) is 8.87. The van der Waals surface area contributed by atoms with E-state index in [1.807, 2.05) is 0 Å². The zero-order valence-corrected chi connectivity index (χ0v) is 21.0. The number of hydrogen-bond acceptors (Lipinski definition) is 7. The molecule has 4 aromatic rings. The number of carbonyl (C=O) groups is 3. The van der Waals surface area contributed by atoms with E-state index < -0.39 is 27.7 Å². The first-order valence-electron chi connectivity index (χ1n) is 11.6. The third-order valence-corrected chi connectivity index (χ3v) is 9.29. The molecule has 9 nitrogen and oxygen atoms in total. The maximum Gasteiger partial charge on any atom is 0.266 e. The van der Waals surface area contributed by atoms with E-state index in [4.69, 9.17) is 0 Å². The summed E-state index contributed by atoms with van der Waals surface area (Å²) in [6, 6.07) is 17.6. The largest absolute Gasteiger partial charge is 0.298 e. The summed E-state index contributed by atoms with van der Waals surface area (Å²) in [4.78, 5) is 43.9. The van der Waals surface area contributed by atoms with Gasteiger partial charge in [-0.15, -0.1) is 0 Å². The Balaban J connectivity index is 1.19. The van der Waals surface area contributed by atoms with Crippen LogP contribution >= 0.6 is 11.3 Å². The van der Waals surface area contributed by atoms with Crippen LogP contribution in [0.2, 0.25) is 0 Å². The summed E-state index contributed by atoms with van der Waals surface area (Å²) < 4.78 is 27.9. The van der Waals surface area contributed by atoms with Crippen LogP contribution in [-0.4, -0.2) is 48.5 Å². The van der Waals surface area contributed by atoms with Gasteiger partial charge in [-0.2, -0.15) is 4.31 Å². The second-order valence-corrected chi connectivity index (χ2v) is 11.7. The molecule has 0 unspecified atom stereocenters. The standard InChI is InChI=1S/C26H20N4O5S2/c31-23(16-7-9-17(10-8-16)30-24(32)19-5-1-2-6-20(19)25(30)33)28-26-27-21-12-11-18(15-22(21)36-26)37(34,35)29-13-3-4-14-29/h1-2,5-12,15H,3-4,13-14H2,(H,27,28,31). The van der Waals surface area contributed by atoms with Crippen molar-refractivity contribution in [2.45, 2.75) is 17.7 Å². The van der Waals surface area contributed by atoms with Gasteiger partial charge in [0.05, 0.1) is 31.9 Å². The fourth-order valence-corrected chi connectivity index (χ4v) is 7.07. The molecule has 37 heavy (non-hydrogen) atoms. The van der Waals surface area contributed by atoms with Gasteiger partial charge in [-0.25, -0.2) is 18.3 Å². The van der Waals surface area contributed by atoms with Gasteiger partial charge >= 0.3 is 0 Å². The van der Waals surface area contributed by atoms with Crippen LogP contribution in [-0.2, 0) is 10.0 Å². The predicted molar refractivity (Wildman–Crippen MR) is 140 cm³/mol.